The van der Waals surface area contributed by atoms with Gasteiger partial charge in [0.15, 0.2) is 12.4 Å². The van der Waals surface area contributed by atoms with Crippen LogP contribution in [-0.2, 0) is 27.4 Å². The number of fused-ring (bicyclic) bond motifs is 1. The average molecular weight is 564 g/mol. The number of carbonyl (C=O) groups excluding carboxylic acids is 2. The highest BCUT2D eigenvalue weighted by Crippen LogP contribution is 2.37. The number of hydrogen-bond acceptors (Lipinski definition) is 7. The molecular weight excluding hydrogens is 531 g/mol. The molecule has 0 saturated carbocycles. The lowest BCUT2D eigenvalue weighted by Gasteiger charge is -2.33. The van der Waals surface area contributed by atoms with E-state index in [0.717, 1.165) is 11.1 Å². The molecule has 1 fully saturated rings. The lowest BCUT2D eigenvalue weighted by Crippen LogP contribution is -2.38. The van der Waals surface area contributed by atoms with Crippen LogP contribution in [0, 0.1) is 0 Å². The molecule has 12 heteroatoms. The molecule has 4 rings (SSSR count). The maximum absolute atomic E-state index is 13.6. The van der Waals surface area contributed by atoms with E-state index < -0.39 is 12.3 Å². The van der Waals surface area contributed by atoms with Crippen LogP contribution in [0.5, 0.6) is 11.5 Å². The van der Waals surface area contributed by atoms with Crippen molar-refractivity contribution in [1.82, 2.24) is 9.47 Å². The molecule has 3 aromatic rings. The number of benzene rings is 2. The molecule has 0 unspecified atom stereocenters. The normalized spacial score (nSPS) is 14.4. The summed E-state index contributed by atoms with van der Waals surface area (Å²) in [5.41, 5.74) is 8.14. The molecular formula is C28H32F3N3O6. The SMILES string of the molecule is COCCn1cc(C(=O)N2CCC(c3cc(CN)ccc3OCC(=O)OC)CC2)c2cccc(OC(F)(F)F)c21. The van der Waals surface area contributed by atoms with Crippen LogP contribution in [0.1, 0.15) is 40.2 Å². The Bertz CT molecular complexity index is 1350. The third-order valence-corrected chi connectivity index (χ3v) is 6.96. The molecule has 1 aliphatic heterocycles. The molecule has 1 aliphatic rings. The molecule has 1 amide bonds. The zero-order valence-corrected chi connectivity index (χ0v) is 22.3. The number of carbonyl (C=O) groups is 2. The first-order valence-corrected chi connectivity index (χ1v) is 12.8. The molecule has 1 aromatic heterocycles. The Hall–Kier alpha value is -3.77. The third kappa shape index (κ3) is 6.68. The van der Waals surface area contributed by atoms with Gasteiger partial charge in [-0.2, -0.15) is 0 Å². The smallest absolute Gasteiger partial charge is 0.482 e. The third-order valence-electron chi connectivity index (χ3n) is 6.96. The number of esters is 1. The van der Waals surface area contributed by atoms with Gasteiger partial charge in [-0.3, -0.25) is 4.79 Å². The summed E-state index contributed by atoms with van der Waals surface area (Å²) in [7, 11) is 2.78. The standard InChI is InChI=1S/C28H32F3N3O6/c1-37-13-12-34-16-22(20-4-3-5-24(26(20)34)40-28(29,30)31)27(36)33-10-8-19(9-11-33)21-14-18(15-32)6-7-23(21)39-17-25(35)38-2/h3-7,14,16,19H,8-13,15,17,32H2,1-2H3. The first-order valence-electron chi connectivity index (χ1n) is 12.8. The van der Waals surface area contributed by atoms with Gasteiger partial charge in [0.1, 0.15) is 5.75 Å². The highest BCUT2D eigenvalue weighted by atomic mass is 19.4. The van der Waals surface area contributed by atoms with E-state index in [2.05, 4.69) is 9.47 Å². The maximum Gasteiger partial charge on any atom is 0.573 e. The fourth-order valence-corrected chi connectivity index (χ4v) is 5.00. The largest absolute Gasteiger partial charge is 0.573 e. The first kappa shape index (κ1) is 29.2. The number of likely N-dealkylation sites (tertiary alicyclic amines) is 1. The van der Waals surface area contributed by atoms with Crippen LogP contribution >= 0.6 is 0 Å². The number of methoxy groups -OCH3 is 2. The van der Waals surface area contributed by atoms with Gasteiger partial charge in [-0.1, -0.05) is 24.3 Å². The van der Waals surface area contributed by atoms with E-state index in [-0.39, 0.29) is 42.8 Å². The van der Waals surface area contributed by atoms with Crippen molar-refractivity contribution in [2.45, 2.75) is 38.2 Å². The second kappa shape index (κ2) is 12.6. The van der Waals surface area contributed by atoms with Gasteiger partial charge in [0, 0.05) is 44.9 Å². The predicted molar refractivity (Wildman–Crippen MR) is 140 cm³/mol. The zero-order chi connectivity index (χ0) is 28.9. The van der Waals surface area contributed by atoms with Crippen LogP contribution < -0.4 is 15.2 Å². The summed E-state index contributed by atoms with van der Waals surface area (Å²) in [6, 6.07) is 9.87. The molecule has 2 heterocycles. The van der Waals surface area contributed by atoms with Crippen molar-refractivity contribution in [1.29, 1.82) is 0 Å². The van der Waals surface area contributed by atoms with Crippen LogP contribution in [0.4, 0.5) is 13.2 Å². The van der Waals surface area contributed by atoms with Crippen LogP contribution in [0.3, 0.4) is 0 Å². The van der Waals surface area contributed by atoms with Gasteiger partial charge in [-0.05, 0) is 42.0 Å². The van der Waals surface area contributed by atoms with Gasteiger partial charge in [0.25, 0.3) is 5.91 Å². The van der Waals surface area contributed by atoms with Gasteiger partial charge in [-0.15, -0.1) is 13.2 Å². The summed E-state index contributed by atoms with van der Waals surface area (Å²) in [4.78, 5) is 27.0. The molecule has 0 radical (unpaired) electrons. The van der Waals surface area contributed by atoms with Crippen LogP contribution in [0.25, 0.3) is 10.9 Å². The molecule has 0 atom stereocenters. The summed E-state index contributed by atoms with van der Waals surface area (Å²) in [5, 5.41) is 0.374. The predicted octanol–water partition coefficient (Wildman–Crippen LogP) is 4.22. The Balaban J connectivity index is 1.56. The molecule has 0 aliphatic carbocycles. The lowest BCUT2D eigenvalue weighted by molar-refractivity contribution is -0.274. The summed E-state index contributed by atoms with van der Waals surface area (Å²) >= 11 is 0. The van der Waals surface area contributed by atoms with Gasteiger partial charge in [0.05, 0.1) is 24.8 Å². The molecule has 0 spiro atoms. The van der Waals surface area contributed by atoms with E-state index in [1.54, 1.807) is 27.8 Å². The maximum atomic E-state index is 13.6. The molecule has 0 bridgehead atoms. The first-order chi connectivity index (χ1) is 19.1. The van der Waals surface area contributed by atoms with E-state index in [9.17, 15) is 22.8 Å². The minimum absolute atomic E-state index is 0.0537. The van der Waals surface area contributed by atoms with Gasteiger partial charge in [-0.25, -0.2) is 4.79 Å². The number of aromatic nitrogens is 1. The summed E-state index contributed by atoms with van der Waals surface area (Å²) < 4.78 is 60.6. The Morgan fingerprint density at radius 1 is 1.07 bits per heavy atom. The van der Waals surface area contributed by atoms with Crippen molar-refractivity contribution in [2.24, 2.45) is 5.73 Å². The van der Waals surface area contributed by atoms with Gasteiger partial charge in [0.2, 0.25) is 0 Å². The van der Waals surface area contributed by atoms with Crippen molar-refractivity contribution in [3.05, 3.63) is 59.3 Å². The Morgan fingerprint density at radius 3 is 2.48 bits per heavy atom. The Labute approximate surface area is 229 Å². The van der Waals surface area contributed by atoms with Crippen molar-refractivity contribution >= 4 is 22.8 Å². The highest BCUT2D eigenvalue weighted by molar-refractivity contribution is 6.08. The van der Waals surface area contributed by atoms with Gasteiger partial charge >= 0.3 is 12.3 Å². The van der Waals surface area contributed by atoms with Gasteiger partial charge < -0.3 is 34.1 Å². The number of hydrogen-bond donors (Lipinski definition) is 1. The van der Waals surface area contributed by atoms with Crippen LogP contribution in [0.15, 0.2) is 42.6 Å². The monoisotopic (exact) mass is 563 g/mol. The second-order valence-electron chi connectivity index (χ2n) is 9.44. The molecule has 1 saturated heterocycles. The Kier molecular flexibility index (Phi) is 9.21. The molecule has 216 valence electrons. The number of halogens is 3. The van der Waals surface area contributed by atoms with Crippen molar-refractivity contribution in [3.8, 4) is 11.5 Å². The minimum Gasteiger partial charge on any atom is -0.482 e. The number of nitrogens with two attached hydrogens (primary N) is 1. The number of piperidine rings is 1. The topological polar surface area (TPSA) is 105 Å². The summed E-state index contributed by atoms with van der Waals surface area (Å²) in [6.07, 6.45) is -2.07. The fourth-order valence-electron chi connectivity index (χ4n) is 5.00. The molecule has 40 heavy (non-hydrogen) atoms. The second-order valence-corrected chi connectivity index (χ2v) is 9.44. The van der Waals surface area contributed by atoms with E-state index in [1.807, 2.05) is 12.1 Å². The van der Waals surface area contributed by atoms with E-state index in [1.165, 1.54) is 26.4 Å². The molecule has 2 N–H and O–H groups in total. The quantitative estimate of drug-likeness (QED) is 0.369. The van der Waals surface area contributed by atoms with Crippen molar-refractivity contribution in [2.75, 3.05) is 40.5 Å². The number of nitrogens with zero attached hydrogens (tertiary/aromatic N) is 2. The van der Waals surface area contributed by atoms with Crippen molar-refractivity contribution in [3.63, 3.8) is 0 Å². The Morgan fingerprint density at radius 2 is 1.82 bits per heavy atom. The van der Waals surface area contributed by atoms with E-state index in [4.69, 9.17) is 15.2 Å². The number of alkyl halides is 3. The number of rotatable bonds is 10. The number of para-hydroxylation sites is 1. The summed E-state index contributed by atoms with van der Waals surface area (Å²) in [6.45, 7) is 1.45. The highest BCUT2D eigenvalue weighted by Gasteiger charge is 2.34. The zero-order valence-electron chi connectivity index (χ0n) is 22.3. The lowest BCUT2D eigenvalue weighted by atomic mass is 9.87. The number of amides is 1. The van der Waals surface area contributed by atoms with Crippen LogP contribution in [0.2, 0.25) is 0 Å². The van der Waals surface area contributed by atoms with E-state index in [0.29, 0.717) is 49.2 Å². The minimum atomic E-state index is -4.88. The summed E-state index contributed by atoms with van der Waals surface area (Å²) in [5.74, 6) is -0.536. The molecule has 9 nitrogen and oxygen atoms in total. The van der Waals surface area contributed by atoms with Crippen molar-refractivity contribution < 1.29 is 41.7 Å². The molecule has 2 aromatic carbocycles. The number of ether oxygens (including phenoxy) is 4. The fraction of sp³-hybridized carbons (Fsp3) is 0.429. The average Bonchev–Trinajstić information content (AvgIpc) is 3.33. The van der Waals surface area contributed by atoms with E-state index >= 15 is 0 Å². The van der Waals surface area contributed by atoms with Crippen LogP contribution in [-0.4, -0.2) is 68.2 Å².